The van der Waals surface area contributed by atoms with Crippen molar-refractivity contribution in [3.05, 3.63) is 10.8 Å². The summed E-state index contributed by atoms with van der Waals surface area (Å²) >= 11 is 3.26. The Morgan fingerprint density at radius 1 is 1.17 bits per heavy atom. The maximum Gasteiger partial charge on any atom is 0.390 e. The van der Waals surface area contributed by atoms with Gasteiger partial charge in [-0.1, -0.05) is 6.92 Å². The Labute approximate surface area is 112 Å². The number of nitrogens with zero attached hydrogens (tertiary/aromatic N) is 2. The SMILES string of the molecule is CCCNc1ncnc(NCCC(F)(F)F)c1Br. The van der Waals surface area contributed by atoms with Crippen molar-refractivity contribution in [3.63, 3.8) is 0 Å². The van der Waals surface area contributed by atoms with Crippen molar-refractivity contribution in [2.75, 3.05) is 23.7 Å². The van der Waals surface area contributed by atoms with Crippen LogP contribution in [0.4, 0.5) is 24.8 Å². The van der Waals surface area contributed by atoms with Gasteiger partial charge < -0.3 is 10.6 Å². The molecular weight excluding hydrogens is 313 g/mol. The zero-order valence-corrected chi connectivity index (χ0v) is 11.4. The molecule has 4 nitrogen and oxygen atoms in total. The summed E-state index contributed by atoms with van der Waals surface area (Å²) in [6.45, 7) is 2.52. The number of hydrogen-bond donors (Lipinski definition) is 2. The highest BCUT2D eigenvalue weighted by Crippen LogP contribution is 2.27. The van der Waals surface area contributed by atoms with E-state index in [9.17, 15) is 13.2 Å². The van der Waals surface area contributed by atoms with Crippen molar-refractivity contribution < 1.29 is 13.2 Å². The third kappa shape index (κ3) is 5.07. The Morgan fingerprint density at radius 2 is 1.72 bits per heavy atom. The minimum atomic E-state index is -4.17. The Bertz CT molecular complexity index is 384. The van der Waals surface area contributed by atoms with E-state index in [0.717, 1.165) is 13.0 Å². The van der Waals surface area contributed by atoms with Gasteiger partial charge in [-0.05, 0) is 22.4 Å². The van der Waals surface area contributed by atoms with Gasteiger partial charge in [-0.25, -0.2) is 9.97 Å². The first-order valence-electron chi connectivity index (χ1n) is 5.49. The number of nitrogens with one attached hydrogen (secondary N) is 2. The molecule has 0 saturated carbocycles. The minimum Gasteiger partial charge on any atom is -0.369 e. The quantitative estimate of drug-likeness (QED) is 0.841. The zero-order chi connectivity index (χ0) is 13.6. The first kappa shape index (κ1) is 15.0. The molecular formula is C10H14BrF3N4. The van der Waals surface area contributed by atoms with Crippen LogP contribution in [0, 0.1) is 0 Å². The van der Waals surface area contributed by atoms with Gasteiger partial charge in [0.15, 0.2) is 0 Å². The van der Waals surface area contributed by atoms with Crippen LogP contribution in [0.5, 0.6) is 0 Å². The van der Waals surface area contributed by atoms with Gasteiger partial charge in [0.25, 0.3) is 0 Å². The van der Waals surface area contributed by atoms with E-state index in [0.29, 0.717) is 16.1 Å². The van der Waals surface area contributed by atoms with Crippen molar-refractivity contribution in [2.45, 2.75) is 25.9 Å². The number of aromatic nitrogens is 2. The first-order valence-corrected chi connectivity index (χ1v) is 6.28. The second kappa shape index (κ2) is 6.77. The third-order valence-electron chi connectivity index (χ3n) is 2.03. The lowest BCUT2D eigenvalue weighted by Gasteiger charge is -2.12. The molecule has 0 aliphatic heterocycles. The molecule has 0 atom stereocenters. The minimum absolute atomic E-state index is 0.216. The second-order valence-electron chi connectivity index (χ2n) is 3.60. The van der Waals surface area contributed by atoms with E-state index in [1.807, 2.05) is 6.92 Å². The molecule has 1 heterocycles. The fourth-order valence-corrected chi connectivity index (χ4v) is 1.67. The molecule has 0 spiro atoms. The average Bonchev–Trinajstić information content (AvgIpc) is 2.28. The van der Waals surface area contributed by atoms with E-state index in [-0.39, 0.29) is 6.54 Å². The van der Waals surface area contributed by atoms with Gasteiger partial charge in [0, 0.05) is 13.1 Å². The van der Waals surface area contributed by atoms with Crippen molar-refractivity contribution >= 4 is 27.6 Å². The molecule has 18 heavy (non-hydrogen) atoms. The molecule has 2 N–H and O–H groups in total. The Hall–Kier alpha value is -1.05. The number of anilines is 2. The lowest BCUT2D eigenvalue weighted by atomic mass is 10.4. The van der Waals surface area contributed by atoms with Crippen LogP contribution in [0.1, 0.15) is 19.8 Å². The van der Waals surface area contributed by atoms with Crippen molar-refractivity contribution in [3.8, 4) is 0 Å². The molecule has 0 aliphatic carbocycles. The van der Waals surface area contributed by atoms with Crippen molar-refractivity contribution in [2.24, 2.45) is 0 Å². The summed E-state index contributed by atoms with van der Waals surface area (Å²) < 4.78 is 36.6. The Kier molecular flexibility index (Phi) is 5.64. The largest absolute Gasteiger partial charge is 0.390 e. The highest BCUT2D eigenvalue weighted by Gasteiger charge is 2.26. The maximum absolute atomic E-state index is 12.0. The Morgan fingerprint density at radius 3 is 2.22 bits per heavy atom. The van der Waals surface area contributed by atoms with E-state index < -0.39 is 12.6 Å². The summed E-state index contributed by atoms with van der Waals surface area (Å²) in [6, 6.07) is 0. The van der Waals surface area contributed by atoms with E-state index in [1.165, 1.54) is 6.33 Å². The van der Waals surface area contributed by atoms with E-state index >= 15 is 0 Å². The summed E-state index contributed by atoms with van der Waals surface area (Å²) in [6.07, 6.45) is -2.84. The summed E-state index contributed by atoms with van der Waals surface area (Å²) in [5.41, 5.74) is 0. The van der Waals surface area contributed by atoms with Gasteiger partial charge in [-0.2, -0.15) is 13.2 Å². The molecule has 1 aromatic heterocycles. The molecule has 0 bridgehead atoms. The summed E-state index contributed by atoms with van der Waals surface area (Å²) in [4.78, 5) is 7.89. The predicted octanol–water partition coefficient (Wildman–Crippen LogP) is 3.43. The monoisotopic (exact) mass is 326 g/mol. The molecule has 0 amide bonds. The number of rotatable bonds is 6. The van der Waals surface area contributed by atoms with Gasteiger partial charge in [-0.15, -0.1) is 0 Å². The van der Waals surface area contributed by atoms with Crippen LogP contribution in [0.3, 0.4) is 0 Å². The highest BCUT2D eigenvalue weighted by molar-refractivity contribution is 9.10. The average molecular weight is 327 g/mol. The molecule has 1 aromatic rings. The van der Waals surface area contributed by atoms with Crippen LogP contribution in [0.2, 0.25) is 0 Å². The van der Waals surface area contributed by atoms with Crippen LogP contribution < -0.4 is 10.6 Å². The summed E-state index contributed by atoms with van der Waals surface area (Å²) in [7, 11) is 0. The van der Waals surface area contributed by atoms with E-state index in [1.54, 1.807) is 0 Å². The lowest BCUT2D eigenvalue weighted by molar-refractivity contribution is -0.131. The highest BCUT2D eigenvalue weighted by atomic mass is 79.9. The standard InChI is InChI=1S/C10H14BrF3N4/c1-2-4-15-8-7(11)9(18-6-17-8)16-5-3-10(12,13)14/h6H,2-5H2,1H3,(H2,15,16,17,18). The normalized spacial score (nSPS) is 11.4. The second-order valence-corrected chi connectivity index (χ2v) is 4.40. The van der Waals surface area contributed by atoms with E-state index in [4.69, 9.17) is 0 Å². The smallest absolute Gasteiger partial charge is 0.369 e. The molecule has 0 unspecified atom stereocenters. The fraction of sp³-hybridized carbons (Fsp3) is 0.600. The summed E-state index contributed by atoms with van der Waals surface area (Å²) in [5.74, 6) is 0.925. The first-order chi connectivity index (χ1) is 8.44. The van der Waals surface area contributed by atoms with Crippen molar-refractivity contribution in [1.29, 1.82) is 0 Å². The molecule has 0 radical (unpaired) electrons. The Balaban J connectivity index is 2.60. The number of halogens is 4. The fourth-order valence-electron chi connectivity index (χ4n) is 1.18. The van der Waals surface area contributed by atoms with E-state index in [2.05, 4.69) is 36.5 Å². The van der Waals surface area contributed by atoms with Gasteiger partial charge in [0.05, 0.1) is 6.42 Å². The van der Waals surface area contributed by atoms with Gasteiger partial charge in [0.2, 0.25) is 0 Å². The topological polar surface area (TPSA) is 49.8 Å². The maximum atomic E-state index is 12.0. The molecule has 0 fully saturated rings. The molecule has 8 heteroatoms. The van der Waals surface area contributed by atoms with Gasteiger partial charge in [-0.3, -0.25) is 0 Å². The molecule has 102 valence electrons. The molecule has 0 saturated heterocycles. The van der Waals surface area contributed by atoms with Crippen LogP contribution >= 0.6 is 15.9 Å². The van der Waals surface area contributed by atoms with Crippen LogP contribution in [0.25, 0.3) is 0 Å². The summed E-state index contributed by atoms with van der Waals surface area (Å²) in [5, 5.41) is 5.68. The number of alkyl halides is 3. The van der Waals surface area contributed by atoms with Crippen LogP contribution in [0.15, 0.2) is 10.8 Å². The van der Waals surface area contributed by atoms with Gasteiger partial charge in [0.1, 0.15) is 22.4 Å². The molecule has 1 rings (SSSR count). The predicted molar refractivity (Wildman–Crippen MR) is 67.7 cm³/mol. The van der Waals surface area contributed by atoms with Crippen LogP contribution in [-0.2, 0) is 0 Å². The van der Waals surface area contributed by atoms with Crippen LogP contribution in [-0.4, -0.2) is 29.2 Å². The zero-order valence-electron chi connectivity index (χ0n) is 9.81. The van der Waals surface area contributed by atoms with Crippen molar-refractivity contribution in [1.82, 2.24) is 9.97 Å². The van der Waals surface area contributed by atoms with Gasteiger partial charge >= 0.3 is 6.18 Å². The molecule has 0 aliphatic rings. The lowest BCUT2D eigenvalue weighted by Crippen LogP contribution is -2.15. The molecule has 0 aromatic carbocycles. The number of hydrogen-bond acceptors (Lipinski definition) is 4. The third-order valence-corrected chi connectivity index (χ3v) is 2.78.